The Balaban J connectivity index is 1.81. The van der Waals surface area contributed by atoms with Gasteiger partial charge in [-0.25, -0.2) is 4.98 Å². The van der Waals surface area contributed by atoms with Gasteiger partial charge in [0.25, 0.3) is 0 Å². The van der Waals surface area contributed by atoms with Crippen molar-refractivity contribution in [2.45, 2.75) is 20.3 Å². The van der Waals surface area contributed by atoms with E-state index >= 15 is 0 Å². The van der Waals surface area contributed by atoms with Gasteiger partial charge in [0.1, 0.15) is 0 Å². The van der Waals surface area contributed by atoms with E-state index in [2.05, 4.69) is 22.4 Å². The number of hydrogen-bond acceptors (Lipinski definition) is 3. The van der Waals surface area contributed by atoms with Crippen molar-refractivity contribution in [3.63, 3.8) is 0 Å². The van der Waals surface area contributed by atoms with Crippen molar-refractivity contribution in [1.29, 1.82) is 0 Å². The SMILES string of the molecule is Cc1ccc(-c2nc(C)sc2CC(=O)Nc2ccccc2Cl)cc1. The van der Waals surface area contributed by atoms with Gasteiger partial charge in [0, 0.05) is 10.4 Å². The van der Waals surface area contributed by atoms with Crippen molar-refractivity contribution < 1.29 is 4.79 Å². The van der Waals surface area contributed by atoms with Crippen molar-refractivity contribution in [2.24, 2.45) is 0 Å². The first-order valence-electron chi connectivity index (χ1n) is 7.60. The molecule has 2 aromatic carbocycles. The van der Waals surface area contributed by atoms with Gasteiger partial charge in [-0.1, -0.05) is 53.6 Å². The predicted octanol–water partition coefficient (Wildman–Crippen LogP) is 5.26. The van der Waals surface area contributed by atoms with Crippen LogP contribution in [0.2, 0.25) is 5.02 Å². The molecule has 1 amide bonds. The lowest BCUT2D eigenvalue weighted by molar-refractivity contribution is -0.115. The summed E-state index contributed by atoms with van der Waals surface area (Å²) in [7, 11) is 0. The van der Waals surface area contributed by atoms with E-state index in [1.54, 1.807) is 23.5 Å². The van der Waals surface area contributed by atoms with Crippen LogP contribution < -0.4 is 5.32 Å². The van der Waals surface area contributed by atoms with Crippen molar-refractivity contribution >= 4 is 34.5 Å². The van der Waals surface area contributed by atoms with E-state index in [-0.39, 0.29) is 12.3 Å². The molecule has 3 nitrogen and oxygen atoms in total. The van der Waals surface area contributed by atoms with Gasteiger partial charge in [0.2, 0.25) is 5.91 Å². The number of nitrogens with zero attached hydrogens (tertiary/aromatic N) is 1. The molecule has 0 aliphatic carbocycles. The summed E-state index contributed by atoms with van der Waals surface area (Å²) >= 11 is 7.64. The maximum absolute atomic E-state index is 12.4. The summed E-state index contributed by atoms with van der Waals surface area (Å²) < 4.78 is 0. The number of halogens is 1. The number of nitrogens with one attached hydrogen (secondary N) is 1. The monoisotopic (exact) mass is 356 g/mol. The Kier molecular flexibility index (Phi) is 4.97. The number of rotatable bonds is 4. The summed E-state index contributed by atoms with van der Waals surface area (Å²) in [6.07, 6.45) is 0.278. The number of carbonyl (C=O) groups excluding carboxylic acids is 1. The van der Waals surface area contributed by atoms with E-state index in [9.17, 15) is 4.79 Å². The van der Waals surface area contributed by atoms with Gasteiger partial charge in [-0.3, -0.25) is 4.79 Å². The molecule has 0 bridgehead atoms. The molecular weight excluding hydrogens is 340 g/mol. The zero-order valence-electron chi connectivity index (χ0n) is 13.5. The molecule has 122 valence electrons. The van der Waals surface area contributed by atoms with E-state index in [0.29, 0.717) is 10.7 Å². The Labute approximate surface area is 150 Å². The number of aromatic nitrogens is 1. The first kappa shape index (κ1) is 16.7. The maximum Gasteiger partial charge on any atom is 0.229 e. The summed E-state index contributed by atoms with van der Waals surface area (Å²) in [6, 6.07) is 15.4. The molecule has 24 heavy (non-hydrogen) atoms. The number of hydrogen-bond donors (Lipinski definition) is 1. The lowest BCUT2D eigenvalue weighted by atomic mass is 10.1. The van der Waals surface area contributed by atoms with Crippen LogP contribution in [0.1, 0.15) is 15.4 Å². The summed E-state index contributed by atoms with van der Waals surface area (Å²) in [5.41, 5.74) is 3.74. The molecule has 0 spiro atoms. The van der Waals surface area contributed by atoms with Crippen LogP contribution in [0.25, 0.3) is 11.3 Å². The van der Waals surface area contributed by atoms with Gasteiger partial charge in [-0.05, 0) is 26.0 Å². The average Bonchev–Trinajstić information content (AvgIpc) is 2.90. The van der Waals surface area contributed by atoms with Crippen molar-refractivity contribution in [2.75, 3.05) is 5.32 Å². The van der Waals surface area contributed by atoms with Crippen LogP contribution in [-0.2, 0) is 11.2 Å². The molecular formula is C19H17ClN2OS. The second-order valence-corrected chi connectivity index (χ2v) is 7.27. The molecule has 0 atom stereocenters. The van der Waals surface area contributed by atoms with Crippen molar-refractivity contribution in [3.05, 3.63) is 69.0 Å². The zero-order valence-corrected chi connectivity index (χ0v) is 15.0. The van der Waals surface area contributed by atoms with Crippen molar-refractivity contribution in [1.82, 2.24) is 4.98 Å². The first-order valence-corrected chi connectivity index (χ1v) is 8.80. The minimum atomic E-state index is -0.0971. The average molecular weight is 357 g/mol. The predicted molar refractivity (Wildman–Crippen MR) is 101 cm³/mol. The van der Waals surface area contributed by atoms with Gasteiger partial charge in [-0.2, -0.15) is 0 Å². The molecule has 1 N–H and O–H groups in total. The summed E-state index contributed by atoms with van der Waals surface area (Å²) in [4.78, 5) is 17.9. The lowest BCUT2D eigenvalue weighted by Crippen LogP contribution is -2.14. The van der Waals surface area contributed by atoms with Crippen LogP contribution >= 0.6 is 22.9 Å². The smallest absolute Gasteiger partial charge is 0.229 e. The summed E-state index contributed by atoms with van der Waals surface area (Å²) in [6.45, 7) is 4.01. The molecule has 1 heterocycles. The van der Waals surface area contributed by atoms with Crippen LogP contribution in [0.4, 0.5) is 5.69 Å². The molecule has 0 unspecified atom stereocenters. The molecule has 3 rings (SSSR count). The number of thiazole rings is 1. The minimum absolute atomic E-state index is 0.0971. The quantitative estimate of drug-likeness (QED) is 0.692. The largest absolute Gasteiger partial charge is 0.324 e. The van der Waals surface area contributed by atoms with Crippen molar-refractivity contribution in [3.8, 4) is 11.3 Å². The number of para-hydroxylation sites is 1. The van der Waals surface area contributed by atoms with Gasteiger partial charge in [0.05, 0.1) is 27.8 Å². The number of carbonyl (C=O) groups is 1. The van der Waals surface area contributed by atoms with E-state index in [1.807, 2.05) is 38.1 Å². The molecule has 0 fully saturated rings. The molecule has 0 saturated carbocycles. The van der Waals surface area contributed by atoms with Crippen LogP contribution in [0.15, 0.2) is 48.5 Å². The van der Waals surface area contributed by atoms with Crippen LogP contribution in [0.5, 0.6) is 0 Å². The topological polar surface area (TPSA) is 42.0 Å². The standard InChI is InChI=1S/C19H17ClN2OS/c1-12-7-9-14(10-8-12)19-17(24-13(2)21-19)11-18(23)22-16-6-4-3-5-15(16)20/h3-10H,11H2,1-2H3,(H,22,23). The number of anilines is 1. The highest BCUT2D eigenvalue weighted by Gasteiger charge is 2.15. The Morgan fingerprint density at radius 2 is 1.83 bits per heavy atom. The number of amides is 1. The van der Waals surface area contributed by atoms with Crippen LogP contribution in [-0.4, -0.2) is 10.9 Å². The summed E-state index contributed by atoms with van der Waals surface area (Å²) in [5.74, 6) is -0.0971. The van der Waals surface area contributed by atoms with Gasteiger partial charge >= 0.3 is 0 Å². The van der Waals surface area contributed by atoms with E-state index < -0.39 is 0 Å². The molecule has 1 aromatic heterocycles. The molecule has 0 saturated heterocycles. The molecule has 0 aliphatic rings. The highest BCUT2D eigenvalue weighted by atomic mass is 35.5. The normalized spacial score (nSPS) is 10.6. The zero-order chi connectivity index (χ0) is 17.1. The fourth-order valence-electron chi connectivity index (χ4n) is 2.43. The highest BCUT2D eigenvalue weighted by molar-refractivity contribution is 7.12. The summed E-state index contributed by atoms with van der Waals surface area (Å²) in [5, 5.41) is 4.35. The van der Waals surface area contributed by atoms with Gasteiger partial charge in [-0.15, -0.1) is 11.3 Å². The highest BCUT2D eigenvalue weighted by Crippen LogP contribution is 2.29. The molecule has 0 radical (unpaired) electrons. The first-order chi connectivity index (χ1) is 11.5. The van der Waals surface area contributed by atoms with Crippen LogP contribution in [0.3, 0.4) is 0 Å². The lowest BCUT2D eigenvalue weighted by Gasteiger charge is -2.07. The Morgan fingerprint density at radius 3 is 2.54 bits per heavy atom. The minimum Gasteiger partial charge on any atom is -0.324 e. The van der Waals surface area contributed by atoms with E-state index in [0.717, 1.165) is 21.1 Å². The molecule has 0 aliphatic heterocycles. The van der Waals surface area contributed by atoms with E-state index in [4.69, 9.17) is 11.6 Å². The Bertz CT molecular complexity index is 871. The number of aryl methyl sites for hydroxylation is 2. The third kappa shape index (κ3) is 3.83. The Morgan fingerprint density at radius 1 is 1.12 bits per heavy atom. The second kappa shape index (κ2) is 7.16. The third-order valence-electron chi connectivity index (χ3n) is 3.60. The third-order valence-corrected chi connectivity index (χ3v) is 4.90. The van der Waals surface area contributed by atoms with Gasteiger partial charge < -0.3 is 5.32 Å². The second-order valence-electron chi connectivity index (χ2n) is 5.58. The Hall–Kier alpha value is -2.17. The van der Waals surface area contributed by atoms with Crippen LogP contribution in [0, 0.1) is 13.8 Å². The maximum atomic E-state index is 12.4. The molecule has 5 heteroatoms. The fraction of sp³-hybridized carbons (Fsp3) is 0.158. The number of benzene rings is 2. The molecule has 3 aromatic rings. The fourth-order valence-corrected chi connectivity index (χ4v) is 3.57. The van der Waals surface area contributed by atoms with E-state index in [1.165, 1.54) is 5.56 Å². The van der Waals surface area contributed by atoms with Gasteiger partial charge in [0.15, 0.2) is 0 Å².